The number of nitriles is 1. The van der Waals surface area contributed by atoms with E-state index >= 15 is 0 Å². The van der Waals surface area contributed by atoms with Crippen LogP contribution in [0.2, 0.25) is 0 Å². The van der Waals surface area contributed by atoms with Crippen LogP contribution in [-0.2, 0) is 16.0 Å². The summed E-state index contributed by atoms with van der Waals surface area (Å²) in [6.45, 7) is 6.12. The highest BCUT2D eigenvalue weighted by molar-refractivity contribution is 7.15. The number of carbonyl (C=O) groups excluding carboxylic acids is 1. The number of carbonyl (C=O) groups is 1. The van der Waals surface area contributed by atoms with Crippen LogP contribution in [-0.4, -0.2) is 22.8 Å². The zero-order valence-corrected chi connectivity index (χ0v) is 12.0. The summed E-state index contributed by atoms with van der Waals surface area (Å²) in [4.78, 5) is 11.4. The Labute approximate surface area is 116 Å². The van der Waals surface area contributed by atoms with Crippen LogP contribution in [0.25, 0.3) is 0 Å². The first-order valence-electron chi connectivity index (χ1n) is 5.93. The maximum atomic E-state index is 11.4. The van der Waals surface area contributed by atoms with Gasteiger partial charge in [0.2, 0.25) is 5.13 Å². The van der Waals surface area contributed by atoms with Gasteiger partial charge in [0, 0.05) is 12.6 Å². The Morgan fingerprint density at radius 2 is 2.32 bits per heavy atom. The fraction of sp³-hybridized carbons (Fsp3) is 0.500. The minimum Gasteiger partial charge on any atom is -0.462 e. The topological polar surface area (TPSA) is 87.9 Å². The standard InChI is InChI=1S/C12H16N4O2S/c1-4-18-11(17)9(6-13)7-14-12-16-15-10(19-12)5-8(2)3/h7-8H,4-5H2,1-3H3,(H,14,16)/b9-7+. The highest BCUT2D eigenvalue weighted by Gasteiger charge is 2.10. The lowest BCUT2D eigenvalue weighted by Gasteiger charge is -1.99. The van der Waals surface area contributed by atoms with Gasteiger partial charge in [-0.2, -0.15) is 5.26 Å². The van der Waals surface area contributed by atoms with Crippen LogP contribution in [0.15, 0.2) is 11.8 Å². The predicted molar refractivity (Wildman–Crippen MR) is 72.4 cm³/mol. The zero-order chi connectivity index (χ0) is 14.3. The van der Waals surface area contributed by atoms with Gasteiger partial charge in [0.15, 0.2) is 5.57 Å². The molecule has 1 aromatic heterocycles. The van der Waals surface area contributed by atoms with Gasteiger partial charge in [0.05, 0.1) is 6.61 Å². The van der Waals surface area contributed by atoms with Crippen molar-refractivity contribution in [2.75, 3.05) is 11.9 Å². The molecular weight excluding hydrogens is 264 g/mol. The predicted octanol–water partition coefficient (Wildman–Crippen LogP) is 2.12. The Bertz CT molecular complexity index is 502. The number of nitrogens with one attached hydrogen (secondary N) is 1. The van der Waals surface area contributed by atoms with Crippen LogP contribution in [0.1, 0.15) is 25.8 Å². The number of hydrogen-bond donors (Lipinski definition) is 1. The molecular formula is C12H16N4O2S. The Kier molecular flexibility index (Phi) is 5.96. The Hall–Kier alpha value is -1.94. The van der Waals surface area contributed by atoms with Crippen molar-refractivity contribution in [3.8, 4) is 6.07 Å². The molecule has 0 spiro atoms. The number of aromatic nitrogens is 2. The highest BCUT2D eigenvalue weighted by atomic mass is 32.1. The van der Waals surface area contributed by atoms with Gasteiger partial charge in [-0.15, -0.1) is 10.2 Å². The summed E-state index contributed by atoms with van der Waals surface area (Å²) in [5, 5.41) is 21.0. The summed E-state index contributed by atoms with van der Waals surface area (Å²) in [5.74, 6) is -0.144. The van der Waals surface area contributed by atoms with Crippen LogP contribution in [0.5, 0.6) is 0 Å². The summed E-state index contributed by atoms with van der Waals surface area (Å²) in [7, 11) is 0. The van der Waals surface area contributed by atoms with E-state index in [0.717, 1.165) is 11.4 Å². The summed E-state index contributed by atoms with van der Waals surface area (Å²) in [6, 6.07) is 1.78. The third kappa shape index (κ3) is 5.06. The lowest BCUT2D eigenvalue weighted by atomic mass is 10.1. The molecule has 0 unspecified atom stereocenters. The van der Waals surface area contributed by atoms with Gasteiger partial charge in [0.25, 0.3) is 0 Å². The second-order valence-electron chi connectivity index (χ2n) is 4.13. The molecule has 0 aliphatic heterocycles. The maximum Gasteiger partial charge on any atom is 0.350 e. The number of nitrogens with zero attached hydrogens (tertiary/aromatic N) is 3. The molecule has 0 aliphatic rings. The molecule has 0 atom stereocenters. The first-order valence-corrected chi connectivity index (χ1v) is 6.74. The molecule has 1 rings (SSSR count). The smallest absolute Gasteiger partial charge is 0.350 e. The largest absolute Gasteiger partial charge is 0.462 e. The van der Waals surface area contributed by atoms with Crippen molar-refractivity contribution in [2.45, 2.75) is 27.2 Å². The van der Waals surface area contributed by atoms with E-state index in [1.807, 2.05) is 0 Å². The second-order valence-corrected chi connectivity index (χ2v) is 5.20. The molecule has 0 bridgehead atoms. The van der Waals surface area contributed by atoms with Crippen LogP contribution in [0.3, 0.4) is 0 Å². The molecule has 102 valence electrons. The van der Waals surface area contributed by atoms with E-state index in [2.05, 4.69) is 29.4 Å². The summed E-state index contributed by atoms with van der Waals surface area (Å²) >= 11 is 1.40. The fourth-order valence-electron chi connectivity index (χ4n) is 1.22. The quantitative estimate of drug-likeness (QED) is 0.488. The van der Waals surface area contributed by atoms with Crippen molar-refractivity contribution >= 4 is 22.4 Å². The zero-order valence-electron chi connectivity index (χ0n) is 11.1. The fourth-order valence-corrected chi connectivity index (χ4v) is 2.14. The molecule has 0 radical (unpaired) electrons. The van der Waals surface area contributed by atoms with E-state index in [-0.39, 0.29) is 12.2 Å². The van der Waals surface area contributed by atoms with Crippen LogP contribution < -0.4 is 5.32 Å². The van der Waals surface area contributed by atoms with E-state index in [1.165, 1.54) is 17.5 Å². The van der Waals surface area contributed by atoms with E-state index in [0.29, 0.717) is 11.0 Å². The van der Waals surface area contributed by atoms with Crippen molar-refractivity contribution in [3.63, 3.8) is 0 Å². The van der Waals surface area contributed by atoms with Gasteiger partial charge in [-0.05, 0) is 12.8 Å². The Morgan fingerprint density at radius 1 is 1.58 bits per heavy atom. The molecule has 1 N–H and O–H groups in total. The normalized spacial score (nSPS) is 11.2. The van der Waals surface area contributed by atoms with E-state index in [1.54, 1.807) is 13.0 Å². The molecule has 0 saturated carbocycles. The molecule has 0 saturated heterocycles. The van der Waals surface area contributed by atoms with Gasteiger partial charge >= 0.3 is 5.97 Å². The molecule has 0 fully saturated rings. The average Bonchev–Trinajstić information content (AvgIpc) is 2.77. The molecule has 7 heteroatoms. The molecule has 0 aliphatic carbocycles. The number of esters is 1. The third-order valence-corrected chi connectivity index (χ3v) is 2.88. The van der Waals surface area contributed by atoms with E-state index in [4.69, 9.17) is 10.00 Å². The number of ether oxygens (including phenoxy) is 1. The molecule has 0 aromatic carbocycles. The van der Waals surface area contributed by atoms with Gasteiger partial charge in [-0.3, -0.25) is 0 Å². The van der Waals surface area contributed by atoms with Crippen molar-refractivity contribution in [3.05, 3.63) is 16.8 Å². The molecule has 0 amide bonds. The van der Waals surface area contributed by atoms with Crippen molar-refractivity contribution < 1.29 is 9.53 Å². The molecule has 6 nitrogen and oxygen atoms in total. The summed E-state index contributed by atoms with van der Waals surface area (Å²) < 4.78 is 4.74. The number of anilines is 1. The van der Waals surface area contributed by atoms with Gasteiger partial charge in [-0.1, -0.05) is 25.2 Å². The number of rotatable bonds is 6. The molecule has 1 heterocycles. The number of hydrogen-bond acceptors (Lipinski definition) is 7. The second kappa shape index (κ2) is 7.48. The highest BCUT2D eigenvalue weighted by Crippen LogP contribution is 2.18. The minimum atomic E-state index is -0.649. The van der Waals surface area contributed by atoms with Gasteiger partial charge in [0.1, 0.15) is 11.1 Å². The third-order valence-electron chi connectivity index (χ3n) is 2.01. The minimum absolute atomic E-state index is 0.0949. The van der Waals surface area contributed by atoms with E-state index in [9.17, 15) is 4.79 Å². The maximum absolute atomic E-state index is 11.4. The van der Waals surface area contributed by atoms with Crippen LogP contribution in [0, 0.1) is 17.2 Å². The van der Waals surface area contributed by atoms with Gasteiger partial charge in [-0.25, -0.2) is 4.79 Å². The lowest BCUT2D eigenvalue weighted by molar-refractivity contribution is -0.138. The van der Waals surface area contributed by atoms with Crippen molar-refractivity contribution in [2.24, 2.45) is 5.92 Å². The first-order chi connectivity index (χ1) is 9.06. The average molecular weight is 280 g/mol. The SMILES string of the molecule is CCOC(=O)/C(C#N)=C/Nc1nnc(CC(C)C)s1. The van der Waals surface area contributed by atoms with E-state index < -0.39 is 5.97 Å². The first kappa shape index (κ1) is 15.1. The summed E-state index contributed by atoms with van der Waals surface area (Å²) in [5.41, 5.74) is -0.0949. The van der Waals surface area contributed by atoms with Crippen molar-refractivity contribution in [1.29, 1.82) is 5.26 Å². The Balaban J connectivity index is 2.66. The summed E-state index contributed by atoms with van der Waals surface area (Å²) in [6.07, 6.45) is 2.14. The van der Waals surface area contributed by atoms with Crippen molar-refractivity contribution in [1.82, 2.24) is 10.2 Å². The van der Waals surface area contributed by atoms with Crippen LogP contribution in [0.4, 0.5) is 5.13 Å². The molecule has 1 aromatic rings. The molecule has 19 heavy (non-hydrogen) atoms. The Morgan fingerprint density at radius 3 is 2.89 bits per heavy atom. The monoisotopic (exact) mass is 280 g/mol. The lowest BCUT2D eigenvalue weighted by Crippen LogP contribution is -2.07. The van der Waals surface area contributed by atoms with Gasteiger partial charge < -0.3 is 10.1 Å². The van der Waals surface area contributed by atoms with Crippen LogP contribution >= 0.6 is 11.3 Å².